The van der Waals surface area contributed by atoms with E-state index in [-0.39, 0.29) is 14.9 Å². The van der Waals surface area contributed by atoms with Crippen LogP contribution in [0.4, 0.5) is 5.69 Å². The second-order valence-electron chi connectivity index (χ2n) is 3.72. The van der Waals surface area contributed by atoms with Crippen LogP contribution in [0.15, 0.2) is 32.3 Å². The standard InChI is InChI=1S/C10H5BrClN3O2S3/c11-5-3-4-18-10(5)20(16,17)15-8-6(12)1-2-7-9(8)14-19-13-7/h1-4,15H. The van der Waals surface area contributed by atoms with E-state index < -0.39 is 10.0 Å². The molecule has 0 aliphatic carbocycles. The molecule has 3 rings (SSSR count). The highest BCUT2D eigenvalue weighted by Crippen LogP contribution is 2.34. The zero-order valence-electron chi connectivity index (χ0n) is 9.50. The molecule has 0 saturated carbocycles. The predicted molar refractivity (Wildman–Crippen MR) is 85.3 cm³/mol. The smallest absolute Gasteiger partial charge is 0.272 e. The molecule has 1 N–H and O–H groups in total. The number of rotatable bonds is 3. The molecule has 0 aliphatic rings. The number of benzene rings is 1. The zero-order valence-corrected chi connectivity index (χ0v) is 14.3. The Kier molecular flexibility index (Phi) is 3.71. The molecule has 5 nitrogen and oxygen atoms in total. The number of hydrogen-bond acceptors (Lipinski definition) is 6. The van der Waals surface area contributed by atoms with Crippen LogP contribution >= 0.6 is 50.6 Å². The summed E-state index contributed by atoms with van der Waals surface area (Å²) in [5, 5.41) is 1.96. The van der Waals surface area contributed by atoms with Crippen molar-refractivity contribution in [3.05, 3.63) is 33.1 Å². The fraction of sp³-hybridized carbons (Fsp3) is 0. The number of thiophene rings is 1. The molecule has 104 valence electrons. The van der Waals surface area contributed by atoms with Gasteiger partial charge in [-0.2, -0.15) is 8.75 Å². The lowest BCUT2D eigenvalue weighted by Crippen LogP contribution is -2.12. The molecule has 0 unspecified atom stereocenters. The first kappa shape index (κ1) is 14.2. The van der Waals surface area contributed by atoms with E-state index in [4.69, 9.17) is 11.6 Å². The maximum Gasteiger partial charge on any atom is 0.272 e. The van der Waals surface area contributed by atoms with E-state index in [2.05, 4.69) is 29.4 Å². The fourth-order valence-corrected chi connectivity index (χ4v) is 5.80. The van der Waals surface area contributed by atoms with E-state index in [0.717, 1.165) is 23.1 Å². The molecule has 0 fully saturated rings. The predicted octanol–water partition coefficient (Wildman–Crippen LogP) is 3.97. The van der Waals surface area contributed by atoms with Crippen LogP contribution in [0, 0.1) is 0 Å². The van der Waals surface area contributed by atoms with E-state index in [9.17, 15) is 8.42 Å². The minimum absolute atomic E-state index is 0.189. The van der Waals surface area contributed by atoms with Gasteiger partial charge in [0.05, 0.1) is 22.4 Å². The van der Waals surface area contributed by atoms with Crippen molar-refractivity contribution in [2.24, 2.45) is 0 Å². The van der Waals surface area contributed by atoms with Gasteiger partial charge < -0.3 is 0 Å². The molecule has 0 amide bonds. The van der Waals surface area contributed by atoms with E-state index >= 15 is 0 Å². The Morgan fingerprint density at radius 2 is 2.05 bits per heavy atom. The molecule has 3 aromatic rings. The van der Waals surface area contributed by atoms with Crippen molar-refractivity contribution < 1.29 is 8.42 Å². The van der Waals surface area contributed by atoms with Gasteiger partial charge in [0.25, 0.3) is 10.0 Å². The normalized spacial score (nSPS) is 11.9. The van der Waals surface area contributed by atoms with Gasteiger partial charge in [-0.25, -0.2) is 8.42 Å². The van der Waals surface area contributed by atoms with E-state index in [1.165, 1.54) is 0 Å². The Hall–Kier alpha value is -0.740. The maximum atomic E-state index is 12.4. The van der Waals surface area contributed by atoms with Crippen molar-refractivity contribution in [3.8, 4) is 0 Å². The summed E-state index contributed by atoms with van der Waals surface area (Å²) in [4.78, 5) is 0. The van der Waals surface area contributed by atoms with Crippen molar-refractivity contribution in [3.63, 3.8) is 0 Å². The number of sulfonamides is 1. The maximum absolute atomic E-state index is 12.4. The number of aromatic nitrogens is 2. The Bertz CT molecular complexity index is 890. The zero-order chi connectivity index (χ0) is 14.3. The van der Waals surface area contributed by atoms with Crippen molar-refractivity contribution in [1.29, 1.82) is 0 Å². The summed E-state index contributed by atoms with van der Waals surface area (Å²) in [6.45, 7) is 0. The molecule has 0 saturated heterocycles. The summed E-state index contributed by atoms with van der Waals surface area (Å²) >= 11 is 11.4. The lowest BCUT2D eigenvalue weighted by Gasteiger charge is -2.08. The van der Waals surface area contributed by atoms with Gasteiger partial charge in [0, 0.05) is 4.47 Å². The number of halogens is 2. The van der Waals surface area contributed by atoms with Crippen molar-refractivity contribution in [2.75, 3.05) is 4.72 Å². The van der Waals surface area contributed by atoms with Crippen LogP contribution in [0.5, 0.6) is 0 Å². The largest absolute Gasteiger partial charge is 0.275 e. The molecule has 0 aliphatic heterocycles. The van der Waals surface area contributed by atoms with Crippen molar-refractivity contribution >= 4 is 77.3 Å². The van der Waals surface area contributed by atoms with Gasteiger partial charge in [-0.3, -0.25) is 4.72 Å². The lowest BCUT2D eigenvalue weighted by atomic mass is 10.3. The quantitative estimate of drug-likeness (QED) is 0.709. The summed E-state index contributed by atoms with van der Waals surface area (Å²) in [7, 11) is -3.72. The van der Waals surface area contributed by atoms with Crippen molar-refractivity contribution in [1.82, 2.24) is 8.75 Å². The fourth-order valence-electron chi connectivity index (χ4n) is 1.58. The number of nitrogens with zero attached hydrogens (tertiary/aromatic N) is 2. The molecule has 2 aromatic heterocycles. The third-order valence-electron chi connectivity index (χ3n) is 2.44. The van der Waals surface area contributed by atoms with Crippen LogP contribution in [0.3, 0.4) is 0 Å². The highest BCUT2D eigenvalue weighted by atomic mass is 79.9. The first-order chi connectivity index (χ1) is 9.49. The first-order valence-corrected chi connectivity index (χ1v) is 9.42. The van der Waals surface area contributed by atoms with Gasteiger partial charge in [0.15, 0.2) is 4.21 Å². The summed E-state index contributed by atoms with van der Waals surface area (Å²) in [6.07, 6.45) is 0. The Morgan fingerprint density at radius 1 is 1.25 bits per heavy atom. The number of anilines is 1. The summed E-state index contributed by atoms with van der Waals surface area (Å²) < 4.78 is 36.1. The van der Waals surface area contributed by atoms with Crippen LogP contribution < -0.4 is 4.72 Å². The second-order valence-corrected chi connectivity index (χ2v) is 8.30. The van der Waals surface area contributed by atoms with Crippen LogP contribution in [0.25, 0.3) is 11.0 Å². The summed E-state index contributed by atoms with van der Waals surface area (Å²) in [5.41, 5.74) is 1.29. The molecule has 0 spiro atoms. The molecule has 0 atom stereocenters. The van der Waals surface area contributed by atoms with E-state index in [1.807, 2.05) is 0 Å². The lowest BCUT2D eigenvalue weighted by molar-refractivity contribution is 0.603. The molecule has 20 heavy (non-hydrogen) atoms. The number of hydrogen-bond donors (Lipinski definition) is 1. The average Bonchev–Trinajstić information content (AvgIpc) is 3.01. The average molecular weight is 411 g/mol. The van der Waals surface area contributed by atoms with Crippen LogP contribution in [0.2, 0.25) is 5.02 Å². The van der Waals surface area contributed by atoms with Crippen LogP contribution in [0.1, 0.15) is 0 Å². The van der Waals surface area contributed by atoms with Crippen molar-refractivity contribution in [2.45, 2.75) is 4.21 Å². The highest BCUT2D eigenvalue weighted by molar-refractivity contribution is 9.10. The first-order valence-electron chi connectivity index (χ1n) is 5.15. The summed E-state index contributed by atoms with van der Waals surface area (Å²) in [6, 6.07) is 4.96. The number of nitrogens with one attached hydrogen (secondary N) is 1. The Labute approximate surface area is 136 Å². The van der Waals surface area contributed by atoms with E-state index in [1.54, 1.807) is 23.6 Å². The SMILES string of the molecule is O=S(=O)(Nc1c(Cl)ccc2nsnc12)c1sccc1Br. The van der Waals surface area contributed by atoms with Crippen LogP contribution in [-0.4, -0.2) is 17.2 Å². The monoisotopic (exact) mass is 409 g/mol. The summed E-state index contributed by atoms with van der Waals surface area (Å²) in [5.74, 6) is 0. The molecule has 1 aromatic carbocycles. The molecule has 0 bridgehead atoms. The Morgan fingerprint density at radius 3 is 2.75 bits per heavy atom. The second kappa shape index (κ2) is 5.23. The molecule has 10 heteroatoms. The topological polar surface area (TPSA) is 72.0 Å². The highest BCUT2D eigenvalue weighted by Gasteiger charge is 2.22. The third kappa shape index (κ3) is 2.44. The molecule has 0 radical (unpaired) electrons. The minimum Gasteiger partial charge on any atom is -0.275 e. The third-order valence-corrected chi connectivity index (χ3v) is 7.32. The van der Waals surface area contributed by atoms with Gasteiger partial charge in [-0.1, -0.05) is 11.6 Å². The molecular weight excluding hydrogens is 406 g/mol. The van der Waals surface area contributed by atoms with Crippen LogP contribution in [-0.2, 0) is 10.0 Å². The minimum atomic E-state index is -3.72. The Balaban J connectivity index is 2.12. The molecular formula is C10H5BrClN3O2S3. The van der Waals surface area contributed by atoms with Gasteiger partial charge in [0.2, 0.25) is 0 Å². The van der Waals surface area contributed by atoms with Gasteiger partial charge >= 0.3 is 0 Å². The van der Waals surface area contributed by atoms with E-state index in [0.29, 0.717) is 15.5 Å². The number of fused-ring (bicyclic) bond motifs is 1. The van der Waals surface area contributed by atoms with Gasteiger partial charge in [0.1, 0.15) is 11.0 Å². The molecule has 2 heterocycles. The van der Waals surface area contributed by atoms with Gasteiger partial charge in [-0.05, 0) is 39.5 Å². The van der Waals surface area contributed by atoms with Gasteiger partial charge in [-0.15, -0.1) is 11.3 Å².